The summed E-state index contributed by atoms with van der Waals surface area (Å²) in [5.74, 6) is 1.21. The van der Waals surface area contributed by atoms with Crippen molar-refractivity contribution in [2.45, 2.75) is 39.5 Å². The molecule has 0 radical (unpaired) electrons. The third-order valence-electron chi connectivity index (χ3n) is 2.51. The smallest absolute Gasteiger partial charge is 0.224 e. The van der Waals surface area contributed by atoms with Gasteiger partial charge >= 0.3 is 0 Å². The molecule has 17 heavy (non-hydrogen) atoms. The topological polar surface area (TPSA) is 68.0 Å². The van der Waals surface area contributed by atoms with Crippen molar-refractivity contribution in [2.75, 3.05) is 11.1 Å². The molecule has 4 heteroatoms. The van der Waals surface area contributed by atoms with E-state index in [0.29, 0.717) is 23.8 Å². The summed E-state index contributed by atoms with van der Waals surface area (Å²) < 4.78 is 0. The van der Waals surface area contributed by atoms with Gasteiger partial charge < -0.3 is 11.1 Å². The van der Waals surface area contributed by atoms with Crippen LogP contribution in [-0.4, -0.2) is 10.9 Å². The standard InChI is InChI=1S/C13H21N3O/c1-10(2)5-3-4-6-13(17)16-11-7-8-12(14)15-9-11/h7-10H,3-6H2,1-2H3,(H2,14,15)(H,16,17). The van der Waals surface area contributed by atoms with Crippen LogP contribution in [0.15, 0.2) is 18.3 Å². The van der Waals surface area contributed by atoms with Crippen molar-refractivity contribution >= 4 is 17.4 Å². The Bertz CT molecular complexity index is 346. The highest BCUT2D eigenvalue weighted by atomic mass is 16.1. The van der Waals surface area contributed by atoms with E-state index in [-0.39, 0.29) is 5.91 Å². The maximum absolute atomic E-state index is 11.6. The first-order chi connectivity index (χ1) is 8.08. The van der Waals surface area contributed by atoms with E-state index in [1.54, 1.807) is 18.3 Å². The summed E-state index contributed by atoms with van der Waals surface area (Å²) >= 11 is 0. The van der Waals surface area contributed by atoms with Gasteiger partial charge in [-0.25, -0.2) is 4.98 Å². The average Bonchev–Trinajstić information content (AvgIpc) is 2.27. The van der Waals surface area contributed by atoms with E-state index in [1.165, 1.54) is 6.42 Å². The van der Waals surface area contributed by atoms with Crippen LogP contribution < -0.4 is 11.1 Å². The number of amides is 1. The molecule has 0 aliphatic rings. The van der Waals surface area contributed by atoms with E-state index in [2.05, 4.69) is 24.1 Å². The summed E-state index contributed by atoms with van der Waals surface area (Å²) in [7, 11) is 0. The van der Waals surface area contributed by atoms with Gasteiger partial charge in [0.25, 0.3) is 0 Å². The van der Waals surface area contributed by atoms with Crippen molar-refractivity contribution in [1.82, 2.24) is 4.98 Å². The van der Waals surface area contributed by atoms with Crippen molar-refractivity contribution < 1.29 is 4.79 Å². The number of hydrogen-bond acceptors (Lipinski definition) is 3. The summed E-state index contributed by atoms with van der Waals surface area (Å²) in [5, 5.41) is 2.80. The summed E-state index contributed by atoms with van der Waals surface area (Å²) in [6, 6.07) is 3.43. The molecule has 94 valence electrons. The highest BCUT2D eigenvalue weighted by Gasteiger charge is 2.03. The first-order valence-electron chi connectivity index (χ1n) is 6.09. The van der Waals surface area contributed by atoms with Crippen LogP contribution in [0, 0.1) is 5.92 Å². The number of aromatic nitrogens is 1. The first-order valence-corrected chi connectivity index (χ1v) is 6.09. The minimum atomic E-state index is 0.0420. The van der Waals surface area contributed by atoms with Crippen molar-refractivity contribution in [1.29, 1.82) is 0 Å². The van der Waals surface area contributed by atoms with Gasteiger partial charge in [-0.1, -0.05) is 26.7 Å². The van der Waals surface area contributed by atoms with Crippen LogP contribution in [-0.2, 0) is 4.79 Å². The first kappa shape index (κ1) is 13.5. The molecule has 1 heterocycles. The maximum atomic E-state index is 11.6. The van der Waals surface area contributed by atoms with Crippen molar-refractivity contribution in [3.8, 4) is 0 Å². The van der Waals surface area contributed by atoms with Crippen molar-refractivity contribution in [3.63, 3.8) is 0 Å². The molecule has 0 aromatic carbocycles. The molecule has 3 N–H and O–H groups in total. The molecular weight excluding hydrogens is 214 g/mol. The van der Waals surface area contributed by atoms with Gasteiger partial charge in [0.15, 0.2) is 0 Å². The molecule has 0 atom stereocenters. The fourth-order valence-corrected chi connectivity index (χ4v) is 1.54. The van der Waals surface area contributed by atoms with Gasteiger partial charge in [0, 0.05) is 6.42 Å². The predicted molar refractivity (Wildman–Crippen MR) is 70.6 cm³/mol. The van der Waals surface area contributed by atoms with Gasteiger partial charge in [0.05, 0.1) is 11.9 Å². The number of pyridine rings is 1. The van der Waals surface area contributed by atoms with Crippen molar-refractivity contribution in [3.05, 3.63) is 18.3 Å². The lowest BCUT2D eigenvalue weighted by Crippen LogP contribution is -2.11. The number of carbonyl (C=O) groups excluding carboxylic acids is 1. The predicted octanol–water partition coefficient (Wildman–Crippen LogP) is 2.82. The zero-order chi connectivity index (χ0) is 12.7. The SMILES string of the molecule is CC(C)CCCCC(=O)Nc1ccc(N)nc1. The molecular formula is C13H21N3O. The van der Waals surface area contributed by atoms with Crippen molar-refractivity contribution in [2.24, 2.45) is 5.92 Å². The molecule has 0 bridgehead atoms. The number of hydrogen-bond donors (Lipinski definition) is 2. The average molecular weight is 235 g/mol. The van der Waals surface area contributed by atoms with Gasteiger partial charge in [-0.15, -0.1) is 0 Å². The lowest BCUT2D eigenvalue weighted by Gasteiger charge is -2.06. The van der Waals surface area contributed by atoms with Crippen LogP contribution in [0.4, 0.5) is 11.5 Å². The number of carbonyl (C=O) groups is 1. The number of rotatable bonds is 6. The third-order valence-corrected chi connectivity index (χ3v) is 2.51. The van der Waals surface area contributed by atoms with Crippen LogP contribution in [0.5, 0.6) is 0 Å². The zero-order valence-electron chi connectivity index (χ0n) is 10.6. The molecule has 1 amide bonds. The van der Waals surface area contributed by atoms with Gasteiger partial charge in [-0.3, -0.25) is 4.79 Å². The Labute approximate surface area is 103 Å². The lowest BCUT2D eigenvalue weighted by molar-refractivity contribution is -0.116. The Morgan fingerprint density at radius 3 is 2.76 bits per heavy atom. The molecule has 0 saturated carbocycles. The monoisotopic (exact) mass is 235 g/mol. The maximum Gasteiger partial charge on any atom is 0.224 e. The lowest BCUT2D eigenvalue weighted by atomic mass is 10.1. The number of anilines is 2. The van der Waals surface area contributed by atoms with Gasteiger partial charge in [-0.05, 0) is 24.5 Å². The van der Waals surface area contributed by atoms with Crippen LogP contribution in [0.3, 0.4) is 0 Å². The largest absolute Gasteiger partial charge is 0.384 e. The minimum absolute atomic E-state index is 0.0420. The minimum Gasteiger partial charge on any atom is -0.384 e. The number of nitrogens with zero attached hydrogens (tertiary/aromatic N) is 1. The van der Waals surface area contributed by atoms with E-state index in [0.717, 1.165) is 12.8 Å². The second kappa shape index (κ2) is 6.89. The Morgan fingerprint density at radius 2 is 2.18 bits per heavy atom. The fraction of sp³-hybridized carbons (Fsp3) is 0.538. The second-order valence-electron chi connectivity index (χ2n) is 4.66. The van der Waals surface area contributed by atoms with E-state index in [1.807, 2.05) is 0 Å². The number of nitrogens with one attached hydrogen (secondary N) is 1. The quantitative estimate of drug-likeness (QED) is 0.745. The van der Waals surface area contributed by atoms with Crippen LogP contribution in [0.25, 0.3) is 0 Å². The zero-order valence-corrected chi connectivity index (χ0v) is 10.6. The summed E-state index contributed by atoms with van der Waals surface area (Å²) in [6.45, 7) is 4.39. The number of unbranched alkanes of at least 4 members (excludes halogenated alkanes) is 1. The fourth-order valence-electron chi connectivity index (χ4n) is 1.54. The molecule has 1 rings (SSSR count). The molecule has 0 saturated heterocycles. The Hall–Kier alpha value is -1.58. The van der Waals surface area contributed by atoms with Crippen LogP contribution in [0.1, 0.15) is 39.5 Å². The molecule has 0 unspecified atom stereocenters. The van der Waals surface area contributed by atoms with Gasteiger partial charge in [0.1, 0.15) is 5.82 Å². The Kier molecular flexibility index (Phi) is 5.46. The molecule has 0 aliphatic carbocycles. The normalized spacial score (nSPS) is 10.5. The molecule has 0 aliphatic heterocycles. The molecule has 0 spiro atoms. The van der Waals surface area contributed by atoms with Gasteiger partial charge in [0.2, 0.25) is 5.91 Å². The Balaban J connectivity index is 2.23. The second-order valence-corrected chi connectivity index (χ2v) is 4.66. The van der Waals surface area contributed by atoms with E-state index >= 15 is 0 Å². The van der Waals surface area contributed by atoms with Crippen LogP contribution in [0.2, 0.25) is 0 Å². The number of nitrogen functional groups attached to an aromatic ring is 1. The van der Waals surface area contributed by atoms with Crippen LogP contribution >= 0.6 is 0 Å². The van der Waals surface area contributed by atoms with E-state index < -0.39 is 0 Å². The Morgan fingerprint density at radius 1 is 1.41 bits per heavy atom. The summed E-state index contributed by atoms with van der Waals surface area (Å²) in [6.07, 6.45) is 5.35. The van der Waals surface area contributed by atoms with Gasteiger partial charge in [-0.2, -0.15) is 0 Å². The highest BCUT2D eigenvalue weighted by molar-refractivity contribution is 5.90. The summed E-state index contributed by atoms with van der Waals surface area (Å²) in [4.78, 5) is 15.5. The molecule has 1 aromatic rings. The third kappa shape index (κ3) is 5.90. The number of nitrogens with two attached hydrogens (primary N) is 1. The highest BCUT2D eigenvalue weighted by Crippen LogP contribution is 2.10. The molecule has 0 fully saturated rings. The molecule has 1 aromatic heterocycles. The summed E-state index contributed by atoms with van der Waals surface area (Å²) in [5.41, 5.74) is 6.16. The van der Waals surface area contributed by atoms with E-state index in [9.17, 15) is 4.79 Å². The van der Waals surface area contributed by atoms with E-state index in [4.69, 9.17) is 5.73 Å². The molecule has 4 nitrogen and oxygen atoms in total.